The van der Waals surface area contributed by atoms with Gasteiger partial charge in [-0.05, 0) is 61.1 Å². The van der Waals surface area contributed by atoms with Gasteiger partial charge in [0.25, 0.3) is 5.69 Å². The molecule has 2 bridgehead atoms. The molecule has 3 atom stereocenters. The maximum absolute atomic E-state index is 12.7. The van der Waals surface area contributed by atoms with E-state index < -0.39 is 4.92 Å². The Kier molecular flexibility index (Phi) is 5.56. The Hall–Kier alpha value is -4.33. The Morgan fingerprint density at radius 2 is 1.69 bits per heavy atom. The van der Waals surface area contributed by atoms with Gasteiger partial charge in [0, 0.05) is 33.9 Å². The number of carbonyl (C=O) groups is 1. The first kappa shape index (κ1) is 22.2. The zero-order valence-electron chi connectivity index (χ0n) is 19.5. The van der Waals surface area contributed by atoms with Crippen molar-refractivity contribution in [1.29, 1.82) is 0 Å². The van der Waals surface area contributed by atoms with Crippen LogP contribution in [0.4, 0.5) is 17.1 Å². The van der Waals surface area contributed by atoms with Crippen LogP contribution in [0.3, 0.4) is 0 Å². The molecule has 0 aliphatic heterocycles. The van der Waals surface area contributed by atoms with E-state index in [1.54, 1.807) is 12.1 Å². The summed E-state index contributed by atoms with van der Waals surface area (Å²) < 4.78 is 7.89. The number of rotatable bonds is 7. The van der Waals surface area contributed by atoms with Crippen LogP contribution in [0.2, 0.25) is 0 Å². The third-order valence-electron chi connectivity index (χ3n) is 7.24. The van der Waals surface area contributed by atoms with Crippen molar-refractivity contribution in [3.8, 4) is 0 Å². The van der Waals surface area contributed by atoms with Crippen LogP contribution in [-0.2, 0) is 16.1 Å². The van der Waals surface area contributed by atoms with Crippen molar-refractivity contribution in [3.63, 3.8) is 0 Å². The number of benzene rings is 3. The molecule has 8 heteroatoms. The first-order chi connectivity index (χ1) is 17.6. The van der Waals surface area contributed by atoms with Gasteiger partial charge in [0.1, 0.15) is 6.61 Å². The van der Waals surface area contributed by atoms with E-state index in [-0.39, 0.29) is 17.6 Å². The third-order valence-corrected chi connectivity index (χ3v) is 7.24. The van der Waals surface area contributed by atoms with Crippen molar-refractivity contribution in [1.82, 2.24) is 4.57 Å². The molecule has 4 aromatic rings. The zero-order chi connectivity index (χ0) is 24.6. The molecule has 0 unspecified atom stereocenters. The molecule has 3 aromatic carbocycles. The Morgan fingerprint density at radius 1 is 0.944 bits per heavy atom. The van der Waals surface area contributed by atoms with Gasteiger partial charge in [-0.25, -0.2) is 0 Å². The lowest BCUT2D eigenvalue weighted by molar-refractivity contribution is -0.384. The number of hydrogen-bond acceptors (Lipinski definition) is 6. The highest BCUT2D eigenvalue weighted by atomic mass is 16.6. The number of carbonyl (C=O) groups excluding carboxylic acids is 1. The number of allylic oxidation sites excluding steroid dienone is 2. The lowest BCUT2D eigenvalue weighted by Crippen LogP contribution is -2.23. The summed E-state index contributed by atoms with van der Waals surface area (Å²) in [6.07, 6.45) is 6.39. The van der Waals surface area contributed by atoms with E-state index in [2.05, 4.69) is 39.1 Å². The Morgan fingerprint density at radius 3 is 2.44 bits per heavy atom. The number of ether oxygens (including phenoxy) is 1. The summed E-state index contributed by atoms with van der Waals surface area (Å²) in [6, 6.07) is 20.0. The summed E-state index contributed by atoms with van der Waals surface area (Å²) >= 11 is 0. The molecule has 0 spiro atoms. The fraction of sp³-hybridized carbons (Fsp3) is 0.250. The number of nitrogens with zero attached hydrogens (tertiary/aromatic N) is 4. The number of azo groups is 1. The van der Waals surface area contributed by atoms with E-state index in [9.17, 15) is 14.9 Å². The van der Waals surface area contributed by atoms with Crippen molar-refractivity contribution in [3.05, 3.63) is 89.0 Å². The summed E-state index contributed by atoms with van der Waals surface area (Å²) in [5.41, 5.74) is 3.33. The second-order valence-electron chi connectivity index (χ2n) is 9.40. The van der Waals surface area contributed by atoms with Crippen molar-refractivity contribution in [2.75, 3.05) is 6.61 Å². The van der Waals surface area contributed by atoms with Crippen LogP contribution in [0.5, 0.6) is 0 Å². The standard InChI is InChI=1S/C28H24N4O4/c33-28(24-16-18-5-6-19(24)15-18)36-14-13-31-26-4-2-1-3-23(26)25-17-21(9-12-27(25)31)30-29-20-7-10-22(11-8-20)32(34)35/h1-12,17-19,24H,13-16H2/t18-,19+,24-/m0/s1. The van der Waals surface area contributed by atoms with Gasteiger partial charge in [-0.3, -0.25) is 14.9 Å². The summed E-state index contributed by atoms with van der Waals surface area (Å²) in [5, 5.41) is 21.5. The van der Waals surface area contributed by atoms with E-state index in [1.807, 2.05) is 30.3 Å². The molecule has 8 nitrogen and oxygen atoms in total. The number of nitro benzene ring substituents is 1. The summed E-state index contributed by atoms with van der Waals surface area (Å²) in [4.78, 5) is 23.0. The van der Waals surface area contributed by atoms with Crippen molar-refractivity contribution in [2.45, 2.75) is 19.4 Å². The predicted octanol–water partition coefficient (Wildman–Crippen LogP) is 6.87. The topological polar surface area (TPSA) is 99.1 Å². The second-order valence-corrected chi connectivity index (χ2v) is 9.40. The molecule has 6 rings (SSSR count). The van der Waals surface area contributed by atoms with E-state index in [4.69, 9.17) is 4.74 Å². The quantitative estimate of drug-likeness (QED) is 0.0947. The number of esters is 1. The molecule has 2 aliphatic carbocycles. The number of nitro groups is 1. The third kappa shape index (κ3) is 4.04. The van der Waals surface area contributed by atoms with Gasteiger partial charge in [-0.15, -0.1) is 0 Å². The molecule has 2 aliphatic rings. The monoisotopic (exact) mass is 480 g/mol. The van der Waals surface area contributed by atoms with Crippen LogP contribution in [0.25, 0.3) is 21.8 Å². The first-order valence-corrected chi connectivity index (χ1v) is 12.1. The molecule has 1 saturated carbocycles. The molecular weight excluding hydrogens is 456 g/mol. The molecule has 1 fully saturated rings. The normalized spacial score (nSPS) is 20.6. The van der Waals surface area contributed by atoms with E-state index in [0.29, 0.717) is 36.4 Å². The number of non-ortho nitro benzene ring substituents is 1. The van der Waals surface area contributed by atoms with Crippen molar-refractivity contribution >= 4 is 44.8 Å². The highest BCUT2D eigenvalue weighted by Gasteiger charge is 2.40. The minimum atomic E-state index is -0.443. The summed E-state index contributed by atoms with van der Waals surface area (Å²) in [6.45, 7) is 0.891. The molecule has 0 N–H and O–H groups in total. The van der Waals surface area contributed by atoms with E-state index in [0.717, 1.165) is 34.6 Å². The zero-order valence-corrected chi connectivity index (χ0v) is 19.5. The SMILES string of the molecule is O=C(OCCn1c2ccccc2c2cc(N=Nc3ccc([N+](=O)[O-])cc3)ccc21)[C@H]1C[C@H]2C=C[C@@H]1C2. The Bertz CT molecular complexity index is 1540. The minimum absolute atomic E-state index is 0.00169. The molecule has 36 heavy (non-hydrogen) atoms. The number of hydrogen-bond donors (Lipinski definition) is 0. The molecule has 1 aromatic heterocycles. The van der Waals surface area contributed by atoms with Gasteiger partial charge in [-0.1, -0.05) is 30.4 Å². The summed E-state index contributed by atoms with van der Waals surface area (Å²) in [7, 11) is 0. The summed E-state index contributed by atoms with van der Waals surface area (Å²) in [5.74, 6) is 0.800. The van der Waals surface area contributed by atoms with Gasteiger partial charge in [0.15, 0.2) is 0 Å². The number of para-hydroxylation sites is 1. The van der Waals surface area contributed by atoms with Gasteiger partial charge < -0.3 is 9.30 Å². The van der Waals surface area contributed by atoms with Gasteiger partial charge in [0.05, 0.1) is 28.8 Å². The number of fused-ring (bicyclic) bond motifs is 5. The van der Waals surface area contributed by atoms with Crippen LogP contribution in [-0.4, -0.2) is 22.1 Å². The molecular formula is C28H24N4O4. The number of aromatic nitrogens is 1. The van der Waals surface area contributed by atoms with Gasteiger partial charge >= 0.3 is 5.97 Å². The smallest absolute Gasteiger partial charge is 0.309 e. The van der Waals surface area contributed by atoms with Crippen LogP contribution < -0.4 is 0 Å². The first-order valence-electron chi connectivity index (χ1n) is 12.1. The highest BCUT2D eigenvalue weighted by molar-refractivity contribution is 6.08. The van der Waals surface area contributed by atoms with E-state index >= 15 is 0 Å². The predicted molar refractivity (Wildman–Crippen MR) is 137 cm³/mol. The molecule has 0 radical (unpaired) electrons. The second kappa shape index (κ2) is 9.03. The molecule has 0 amide bonds. The van der Waals surface area contributed by atoms with Crippen LogP contribution >= 0.6 is 0 Å². The maximum Gasteiger partial charge on any atom is 0.309 e. The Balaban J connectivity index is 1.22. The van der Waals surface area contributed by atoms with Crippen LogP contribution in [0.1, 0.15) is 12.8 Å². The Labute approximate surface area is 207 Å². The van der Waals surface area contributed by atoms with Crippen molar-refractivity contribution in [2.24, 2.45) is 28.0 Å². The lowest BCUT2D eigenvalue weighted by Gasteiger charge is -2.17. The van der Waals surface area contributed by atoms with Gasteiger partial charge in [0.2, 0.25) is 0 Å². The fourth-order valence-corrected chi connectivity index (χ4v) is 5.50. The van der Waals surface area contributed by atoms with Crippen LogP contribution in [0, 0.1) is 27.9 Å². The fourth-order valence-electron chi connectivity index (χ4n) is 5.50. The minimum Gasteiger partial charge on any atom is -0.464 e. The largest absolute Gasteiger partial charge is 0.464 e. The maximum atomic E-state index is 12.7. The van der Waals surface area contributed by atoms with Crippen LogP contribution in [0.15, 0.2) is 89.1 Å². The average Bonchev–Trinajstić information content (AvgIpc) is 3.62. The highest BCUT2D eigenvalue weighted by Crippen LogP contribution is 2.44. The average molecular weight is 481 g/mol. The molecule has 180 valence electrons. The van der Waals surface area contributed by atoms with Gasteiger partial charge in [-0.2, -0.15) is 10.2 Å². The molecule has 1 heterocycles. The molecule has 0 saturated heterocycles. The lowest BCUT2D eigenvalue weighted by atomic mass is 9.94. The van der Waals surface area contributed by atoms with E-state index in [1.165, 1.54) is 12.1 Å². The van der Waals surface area contributed by atoms with Crippen molar-refractivity contribution < 1.29 is 14.5 Å².